The molecule has 0 aliphatic carbocycles. The molecule has 112 valence electrons. The Hall–Kier alpha value is -1.23. The van der Waals surface area contributed by atoms with Gasteiger partial charge in [0.25, 0.3) is 5.91 Å². The van der Waals surface area contributed by atoms with Crippen molar-refractivity contribution in [1.82, 2.24) is 10.3 Å². The first kappa shape index (κ1) is 16.8. The van der Waals surface area contributed by atoms with Crippen molar-refractivity contribution in [2.45, 2.75) is 32.6 Å². The summed E-state index contributed by atoms with van der Waals surface area (Å²) in [4.78, 5) is 16.1. The number of aromatic nitrogens is 1. The maximum absolute atomic E-state index is 12.1. The van der Waals surface area contributed by atoms with E-state index in [2.05, 4.69) is 21.9 Å². The van der Waals surface area contributed by atoms with E-state index in [4.69, 9.17) is 0 Å². The molecule has 0 radical (unpaired) electrons. The van der Waals surface area contributed by atoms with Crippen molar-refractivity contribution in [3.63, 3.8) is 0 Å². The molecule has 20 heavy (non-hydrogen) atoms. The molecule has 2 N–H and O–H groups in total. The van der Waals surface area contributed by atoms with Crippen LogP contribution in [0.3, 0.4) is 0 Å². The number of hydrogen-bond acceptors (Lipinski definition) is 4. The first-order valence-electron chi connectivity index (χ1n) is 7.24. The number of carbonyl (C=O) groups excluding carboxylic acids is 1. The van der Waals surface area contributed by atoms with Gasteiger partial charge in [-0.2, -0.15) is 11.8 Å². The standard InChI is InChI=1S/C15H25N3OS/c1-3-17-14-8-10-16-12-13(14)15(19)18-9-6-4-5-7-11-20-2/h8,10,12H,3-7,9,11H2,1-2H3,(H,16,17)(H,18,19). The number of rotatable bonds is 10. The van der Waals surface area contributed by atoms with Crippen molar-refractivity contribution in [1.29, 1.82) is 0 Å². The van der Waals surface area contributed by atoms with Crippen LogP contribution in [0.25, 0.3) is 0 Å². The molecule has 0 unspecified atom stereocenters. The molecular formula is C15H25N3OS. The zero-order chi connectivity index (χ0) is 14.6. The van der Waals surface area contributed by atoms with Crippen LogP contribution in [0, 0.1) is 0 Å². The number of unbranched alkanes of at least 4 members (excludes halogenated alkanes) is 3. The van der Waals surface area contributed by atoms with Gasteiger partial charge in [-0.1, -0.05) is 12.8 Å². The summed E-state index contributed by atoms with van der Waals surface area (Å²) < 4.78 is 0. The van der Waals surface area contributed by atoms with Crippen LogP contribution in [0.5, 0.6) is 0 Å². The van der Waals surface area contributed by atoms with Crippen LogP contribution >= 0.6 is 11.8 Å². The number of carbonyl (C=O) groups is 1. The number of hydrogen-bond donors (Lipinski definition) is 2. The van der Waals surface area contributed by atoms with Crippen LogP contribution in [0.1, 0.15) is 43.0 Å². The van der Waals surface area contributed by atoms with E-state index in [0.717, 1.165) is 25.2 Å². The molecule has 0 fully saturated rings. The van der Waals surface area contributed by atoms with E-state index in [1.165, 1.54) is 25.0 Å². The number of nitrogens with one attached hydrogen (secondary N) is 2. The van der Waals surface area contributed by atoms with E-state index >= 15 is 0 Å². The number of nitrogens with zero attached hydrogens (tertiary/aromatic N) is 1. The number of amides is 1. The number of thioether (sulfide) groups is 1. The van der Waals surface area contributed by atoms with Crippen molar-refractivity contribution < 1.29 is 4.79 Å². The molecule has 0 aromatic carbocycles. The summed E-state index contributed by atoms with van der Waals surface area (Å²) in [5, 5.41) is 6.14. The van der Waals surface area contributed by atoms with Crippen molar-refractivity contribution in [2.75, 3.05) is 30.4 Å². The molecule has 1 aromatic rings. The lowest BCUT2D eigenvalue weighted by molar-refractivity contribution is 0.0953. The van der Waals surface area contributed by atoms with E-state index in [0.29, 0.717) is 5.56 Å². The predicted molar refractivity (Wildman–Crippen MR) is 87.6 cm³/mol. The lowest BCUT2D eigenvalue weighted by Gasteiger charge is -2.10. The summed E-state index contributed by atoms with van der Waals surface area (Å²) in [6.07, 6.45) is 10.2. The molecule has 0 aliphatic heterocycles. The highest BCUT2D eigenvalue weighted by Crippen LogP contribution is 2.13. The fourth-order valence-electron chi connectivity index (χ4n) is 1.94. The molecule has 0 spiro atoms. The second-order valence-corrected chi connectivity index (χ2v) is 5.60. The molecule has 0 aliphatic rings. The fourth-order valence-corrected chi connectivity index (χ4v) is 2.43. The molecule has 1 aromatic heterocycles. The van der Waals surface area contributed by atoms with E-state index in [-0.39, 0.29) is 5.91 Å². The molecular weight excluding hydrogens is 270 g/mol. The van der Waals surface area contributed by atoms with Gasteiger partial charge in [-0.15, -0.1) is 0 Å². The quantitative estimate of drug-likeness (QED) is 0.651. The summed E-state index contributed by atoms with van der Waals surface area (Å²) >= 11 is 1.89. The minimum Gasteiger partial charge on any atom is -0.385 e. The Labute approximate surface area is 126 Å². The fraction of sp³-hybridized carbons (Fsp3) is 0.600. The predicted octanol–water partition coefficient (Wildman–Crippen LogP) is 3.17. The highest BCUT2D eigenvalue weighted by molar-refractivity contribution is 7.98. The highest BCUT2D eigenvalue weighted by atomic mass is 32.2. The van der Waals surface area contributed by atoms with Crippen LogP contribution in [0.4, 0.5) is 5.69 Å². The van der Waals surface area contributed by atoms with Crippen LogP contribution in [-0.2, 0) is 0 Å². The topological polar surface area (TPSA) is 54.0 Å². The summed E-state index contributed by atoms with van der Waals surface area (Å²) in [5.74, 6) is 1.19. The van der Waals surface area contributed by atoms with Gasteiger partial charge in [-0.05, 0) is 37.8 Å². The van der Waals surface area contributed by atoms with Crippen molar-refractivity contribution in [2.24, 2.45) is 0 Å². The van der Waals surface area contributed by atoms with Crippen molar-refractivity contribution >= 4 is 23.4 Å². The lowest BCUT2D eigenvalue weighted by atomic mass is 10.2. The average molecular weight is 295 g/mol. The first-order chi connectivity index (χ1) is 9.79. The van der Waals surface area contributed by atoms with Crippen LogP contribution in [-0.4, -0.2) is 36.0 Å². The van der Waals surface area contributed by atoms with Crippen LogP contribution < -0.4 is 10.6 Å². The molecule has 1 amide bonds. The van der Waals surface area contributed by atoms with Gasteiger partial charge in [-0.3, -0.25) is 9.78 Å². The molecule has 4 nitrogen and oxygen atoms in total. The zero-order valence-corrected chi connectivity index (χ0v) is 13.3. The Balaban J connectivity index is 2.29. The Morgan fingerprint density at radius 2 is 2.10 bits per heavy atom. The summed E-state index contributed by atoms with van der Waals surface area (Å²) in [5.41, 5.74) is 1.47. The lowest BCUT2D eigenvalue weighted by Crippen LogP contribution is -2.25. The molecule has 0 atom stereocenters. The highest BCUT2D eigenvalue weighted by Gasteiger charge is 2.10. The second kappa shape index (κ2) is 10.5. The van der Waals surface area contributed by atoms with Gasteiger partial charge in [0.05, 0.1) is 11.3 Å². The van der Waals surface area contributed by atoms with E-state index in [1.54, 1.807) is 12.4 Å². The number of pyridine rings is 1. The van der Waals surface area contributed by atoms with Gasteiger partial charge in [-0.25, -0.2) is 0 Å². The van der Waals surface area contributed by atoms with E-state index in [9.17, 15) is 4.79 Å². The third kappa shape index (κ3) is 6.28. The van der Waals surface area contributed by atoms with Crippen LogP contribution in [0.2, 0.25) is 0 Å². The van der Waals surface area contributed by atoms with Gasteiger partial charge < -0.3 is 10.6 Å². The monoisotopic (exact) mass is 295 g/mol. The largest absolute Gasteiger partial charge is 0.385 e. The van der Waals surface area contributed by atoms with Gasteiger partial charge in [0, 0.05) is 25.5 Å². The average Bonchev–Trinajstić information content (AvgIpc) is 2.47. The smallest absolute Gasteiger partial charge is 0.254 e. The maximum atomic E-state index is 12.1. The molecule has 1 heterocycles. The van der Waals surface area contributed by atoms with Crippen molar-refractivity contribution in [3.8, 4) is 0 Å². The summed E-state index contributed by atoms with van der Waals surface area (Å²) in [7, 11) is 0. The van der Waals surface area contributed by atoms with E-state index < -0.39 is 0 Å². The van der Waals surface area contributed by atoms with E-state index in [1.807, 2.05) is 24.8 Å². The normalized spacial score (nSPS) is 10.3. The third-order valence-corrected chi connectivity index (χ3v) is 3.69. The van der Waals surface area contributed by atoms with Gasteiger partial charge >= 0.3 is 0 Å². The first-order valence-corrected chi connectivity index (χ1v) is 8.64. The SMILES string of the molecule is CCNc1ccncc1C(=O)NCCCCCCSC. The van der Waals surface area contributed by atoms with Gasteiger partial charge in [0.1, 0.15) is 0 Å². The Bertz CT molecular complexity index is 398. The number of anilines is 1. The Morgan fingerprint density at radius 1 is 1.30 bits per heavy atom. The molecule has 0 bridgehead atoms. The van der Waals surface area contributed by atoms with Gasteiger partial charge in [0.15, 0.2) is 0 Å². The Kier molecular flexibility index (Phi) is 8.87. The molecule has 5 heteroatoms. The zero-order valence-electron chi connectivity index (χ0n) is 12.4. The molecule has 0 saturated carbocycles. The molecule has 1 rings (SSSR count). The summed E-state index contributed by atoms with van der Waals surface area (Å²) in [6.45, 7) is 3.54. The van der Waals surface area contributed by atoms with Crippen LogP contribution in [0.15, 0.2) is 18.5 Å². The Morgan fingerprint density at radius 3 is 2.85 bits per heavy atom. The minimum atomic E-state index is -0.0434. The maximum Gasteiger partial charge on any atom is 0.254 e. The third-order valence-electron chi connectivity index (χ3n) is 2.99. The van der Waals surface area contributed by atoms with Crippen molar-refractivity contribution in [3.05, 3.63) is 24.0 Å². The minimum absolute atomic E-state index is 0.0434. The van der Waals surface area contributed by atoms with Gasteiger partial charge in [0.2, 0.25) is 0 Å². The second-order valence-electron chi connectivity index (χ2n) is 4.61. The summed E-state index contributed by atoms with van der Waals surface area (Å²) in [6, 6.07) is 1.83. The molecule has 0 saturated heterocycles.